The summed E-state index contributed by atoms with van der Waals surface area (Å²) in [6.45, 7) is 4.09. The van der Waals surface area contributed by atoms with Crippen LogP contribution in [-0.2, 0) is 0 Å². The number of hydrogen-bond donors (Lipinski definition) is 2. The molecule has 2 aromatic rings. The Hall–Kier alpha value is -1.81. The van der Waals surface area contributed by atoms with Crippen LogP contribution in [0.25, 0.3) is 10.9 Å². The molecular weight excluding hydrogens is 238 g/mol. The molecule has 0 radical (unpaired) electrons. The molecule has 1 aromatic carbocycles. The van der Waals surface area contributed by atoms with Crippen LogP contribution in [0.5, 0.6) is 5.75 Å². The van der Waals surface area contributed by atoms with Crippen LogP contribution >= 0.6 is 0 Å². The van der Waals surface area contributed by atoms with Crippen molar-refractivity contribution in [3.8, 4) is 5.75 Å². The molecule has 0 saturated carbocycles. The number of aromatic nitrogens is 1. The van der Waals surface area contributed by atoms with Crippen LogP contribution in [0, 0.1) is 5.92 Å². The minimum atomic E-state index is 0.212. The molecule has 3 N–H and O–H groups in total. The number of phenols is 1. The Labute approximate surface area is 112 Å². The van der Waals surface area contributed by atoms with E-state index in [1.54, 1.807) is 12.3 Å². The number of piperidine rings is 1. The maximum Gasteiger partial charge on any atom is 0.141 e. The zero-order valence-electron chi connectivity index (χ0n) is 11.1. The lowest BCUT2D eigenvalue weighted by Crippen LogP contribution is -2.46. The highest BCUT2D eigenvalue weighted by Crippen LogP contribution is 2.33. The lowest BCUT2D eigenvalue weighted by molar-refractivity contribution is 0.402. The second-order valence-corrected chi connectivity index (χ2v) is 5.51. The zero-order valence-corrected chi connectivity index (χ0v) is 11.1. The van der Waals surface area contributed by atoms with Crippen LogP contribution in [0.2, 0.25) is 0 Å². The molecule has 1 aromatic heterocycles. The molecule has 0 amide bonds. The van der Waals surface area contributed by atoms with E-state index in [2.05, 4.69) is 16.8 Å². The molecule has 100 valence electrons. The zero-order chi connectivity index (χ0) is 13.4. The van der Waals surface area contributed by atoms with E-state index in [0.29, 0.717) is 11.4 Å². The second kappa shape index (κ2) is 4.70. The normalized spacial score (nSPS) is 23.8. The van der Waals surface area contributed by atoms with E-state index in [1.807, 2.05) is 18.2 Å². The predicted molar refractivity (Wildman–Crippen MR) is 77.4 cm³/mol. The Balaban J connectivity index is 2.07. The third-order valence-corrected chi connectivity index (χ3v) is 3.76. The molecular formula is C15H19N3O. The fourth-order valence-corrected chi connectivity index (χ4v) is 3.01. The first kappa shape index (κ1) is 12.2. The van der Waals surface area contributed by atoms with Crippen LogP contribution in [0.4, 0.5) is 5.69 Å². The number of benzene rings is 1. The maximum atomic E-state index is 9.89. The molecule has 4 heteroatoms. The molecule has 0 spiro atoms. The fraction of sp³-hybridized carbons (Fsp3) is 0.400. The first-order valence-corrected chi connectivity index (χ1v) is 6.72. The van der Waals surface area contributed by atoms with Crippen molar-refractivity contribution in [3.05, 3.63) is 30.5 Å². The third kappa shape index (κ3) is 2.24. The SMILES string of the molecule is CC1CC(N)CN(c2ccc(O)c3ncccc23)C1. The summed E-state index contributed by atoms with van der Waals surface area (Å²) in [6.07, 6.45) is 2.78. The minimum absolute atomic E-state index is 0.212. The van der Waals surface area contributed by atoms with Gasteiger partial charge in [-0.2, -0.15) is 0 Å². The van der Waals surface area contributed by atoms with Gasteiger partial charge in [0.25, 0.3) is 0 Å². The van der Waals surface area contributed by atoms with Crippen LogP contribution in [-0.4, -0.2) is 29.2 Å². The topological polar surface area (TPSA) is 62.4 Å². The van der Waals surface area contributed by atoms with Gasteiger partial charge in [0.15, 0.2) is 0 Å². The summed E-state index contributed by atoms with van der Waals surface area (Å²) in [7, 11) is 0. The summed E-state index contributed by atoms with van der Waals surface area (Å²) in [5, 5.41) is 10.9. The summed E-state index contributed by atoms with van der Waals surface area (Å²) in [5.74, 6) is 0.818. The first-order chi connectivity index (χ1) is 9.15. The summed E-state index contributed by atoms with van der Waals surface area (Å²) in [6, 6.07) is 7.80. The highest BCUT2D eigenvalue weighted by molar-refractivity contribution is 5.95. The molecule has 3 rings (SSSR count). The highest BCUT2D eigenvalue weighted by Gasteiger charge is 2.23. The molecule has 4 nitrogen and oxygen atoms in total. The van der Waals surface area contributed by atoms with Gasteiger partial charge in [-0.1, -0.05) is 6.92 Å². The van der Waals surface area contributed by atoms with Gasteiger partial charge in [0.1, 0.15) is 11.3 Å². The number of hydrogen-bond acceptors (Lipinski definition) is 4. The monoisotopic (exact) mass is 257 g/mol. The van der Waals surface area contributed by atoms with E-state index in [-0.39, 0.29) is 11.8 Å². The number of aromatic hydroxyl groups is 1. The number of phenolic OH excluding ortho intramolecular Hbond substituents is 1. The molecule has 2 atom stereocenters. The van der Waals surface area contributed by atoms with E-state index in [1.165, 1.54) is 0 Å². The van der Waals surface area contributed by atoms with Crippen molar-refractivity contribution in [1.29, 1.82) is 0 Å². The van der Waals surface area contributed by atoms with Crippen molar-refractivity contribution in [2.45, 2.75) is 19.4 Å². The molecule has 0 aliphatic carbocycles. The van der Waals surface area contributed by atoms with Crippen LogP contribution in [0.1, 0.15) is 13.3 Å². The van der Waals surface area contributed by atoms with Crippen molar-refractivity contribution >= 4 is 16.6 Å². The molecule has 1 fully saturated rings. The van der Waals surface area contributed by atoms with Crippen molar-refractivity contribution in [1.82, 2.24) is 4.98 Å². The predicted octanol–water partition coefficient (Wildman–Crippen LogP) is 2.11. The second-order valence-electron chi connectivity index (χ2n) is 5.51. The summed E-state index contributed by atoms with van der Waals surface area (Å²) in [4.78, 5) is 6.57. The van der Waals surface area contributed by atoms with Crippen molar-refractivity contribution in [3.63, 3.8) is 0 Å². The Bertz CT molecular complexity index is 589. The fourth-order valence-electron chi connectivity index (χ4n) is 3.01. The van der Waals surface area contributed by atoms with E-state index < -0.39 is 0 Å². The van der Waals surface area contributed by atoms with Gasteiger partial charge in [0.05, 0.1) is 0 Å². The Morgan fingerprint density at radius 3 is 2.95 bits per heavy atom. The van der Waals surface area contributed by atoms with Gasteiger partial charge >= 0.3 is 0 Å². The van der Waals surface area contributed by atoms with E-state index >= 15 is 0 Å². The van der Waals surface area contributed by atoms with Gasteiger partial charge in [0.2, 0.25) is 0 Å². The highest BCUT2D eigenvalue weighted by atomic mass is 16.3. The molecule has 1 saturated heterocycles. The van der Waals surface area contributed by atoms with Gasteiger partial charge < -0.3 is 15.7 Å². The quantitative estimate of drug-likeness (QED) is 0.821. The van der Waals surface area contributed by atoms with Gasteiger partial charge in [-0.15, -0.1) is 0 Å². The van der Waals surface area contributed by atoms with Gasteiger partial charge in [-0.05, 0) is 36.6 Å². The van der Waals surface area contributed by atoms with Crippen molar-refractivity contribution < 1.29 is 5.11 Å². The lowest BCUT2D eigenvalue weighted by Gasteiger charge is -2.37. The number of nitrogens with zero attached hydrogens (tertiary/aromatic N) is 2. The molecule has 2 heterocycles. The largest absolute Gasteiger partial charge is 0.506 e. The minimum Gasteiger partial charge on any atom is -0.506 e. The summed E-state index contributed by atoms with van der Waals surface area (Å²) in [5.41, 5.74) is 7.89. The number of anilines is 1. The number of pyridine rings is 1. The Kier molecular flexibility index (Phi) is 3.03. The summed E-state index contributed by atoms with van der Waals surface area (Å²) >= 11 is 0. The lowest BCUT2D eigenvalue weighted by atomic mass is 9.95. The smallest absolute Gasteiger partial charge is 0.141 e. The van der Waals surface area contributed by atoms with Crippen molar-refractivity contribution in [2.75, 3.05) is 18.0 Å². The van der Waals surface area contributed by atoms with Crippen LogP contribution in [0.15, 0.2) is 30.5 Å². The third-order valence-electron chi connectivity index (χ3n) is 3.76. The number of fused-ring (bicyclic) bond motifs is 1. The first-order valence-electron chi connectivity index (χ1n) is 6.72. The standard InChI is InChI=1S/C15H19N3O/c1-10-7-11(16)9-18(8-10)13-4-5-14(19)15-12(13)3-2-6-17-15/h2-6,10-11,19H,7-9,16H2,1H3. The Morgan fingerprint density at radius 1 is 1.32 bits per heavy atom. The van der Waals surface area contributed by atoms with E-state index in [4.69, 9.17) is 5.73 Å². The van der Waals surface area contributed by atoms with E-state index in [0.717, 1.165) is 30.6 Å². The molecule has 19 heavy (non-hydrogen) atoms. The van der Waals surface area contributed by atoms with Gasteiger partial charge in [-0.3, -0.25) is 4.98 Å². The number of rotatable bonds is 1. The van der Waals surface area contributed by atoms with Gasteiger partial charge in [-0.25, -0.2) is 0 Å². The van der Waals surface area contributed by atoms with Crippen molar-refractivity contribution in [2.24, 2.45) is 11.7 Å². The molecule has 2 unspecified atom stereocenters. The van der Waals surface area contributed by atoms with Gasteiger partial charge in [0, 0.05) is 36.4 Å². The van der Waals surface area contributed by atoms with Crippen LogP contribution in [0.3, 0.4) is 0 Å². The Morgan fingerprint density at radius 2 is 2.16 bits per heavy atom. The average Bonchev–Trinajstić information content (AvgIpc) is 2.38. The molecule has 0 bridgehead atoms. The maximum absolute atomic E-state index is 9.89. The summed E-state index contributed by atoms with van der Waals surface area (Å²) < 4.78 is 0. The average molecular weight is 257 g/mol. The number of nitrogens with two attached hydrogens (primary N) is 1. The van der Waals surface area contributed by atoms with E-state index in [9.17, 15) is 5.11 Å². The molecule has 1 aliphatic heterocycles. The molecule has 1 aliphatic rings. The van der Waals surface area contributed by atoms with Crippen LogP contribution < -0.4 is 10.6 Å².